The molecule has 2 bridgehead atoms. The highest BCUT2D eigenvalue weighted by atomic mass is 16.6. The van der Waals surface area contributed by atoms with Crippen molar-refractivity contribution in [2.24, 2.45) is 5.92 Å². The van der Waals surface area contributed by atoms with Crippen LogP contribution >= 0.6 is 0 Å². The van der Waals surface area contributed by atoms with Gasteiger partial charge in [0.2, 0.25) is 0 Å². The fourth-order valence-corrected chi connectivity index (χ4v) is 2.21. The molecule has 3 heteroatoms. The van der Waals surface area contributed by atoms with Crippen LogP contribution in [0.5, 0.6) is 0 Å². The smallest absolute Gasteiger partial charge is 0.0717 e. The van der Waals surface area contributed by atoms with Crippen molar-refractivity contribution < 1.29 is 4.84 Å². The first-order valence-corrected chi connectivity index (χ1v) is 5.18. The van der Waals surface area contributed by atoms with Gasteiger partial charge < -0.3 is 0 Å². The molecule has 1 N–H and O–H groups in total. The Balaban J connectivity index is 1.89. The summed E-state index contributed by atoms with van der Waals surface area (Å²) in [5, 5.41) is 0. The Bertz CT molecular complexity index is 195. The lowest BCUT2D eigenvalue weighted by Crippen LogP contribution is -2.43. The van der Waals surface area contributed by atoms with Crippen molar-refractivity contribution in [1.82, 2.24) is 10.4 Å². The predicted octanol–water partition coefficient (Wildman–Crippen LogP) is 1.14. The van der Waals surface area contributed by atoms with Gasteiger partial charge in [-0.15, -0.1) is 0 Å². The summed E-state index contributed by atoms with van der Waals surface area (Å²) < 4.78 is 0. The molecule has 0 atom stereocenters. The molecule has 13 heavy (non-hydrogen) atoms. The highest BCUT2D eigenvalue weighted by molar-refractivity contribution is 5.13. The monoisotopic (exact) mass is 182 g/mol. The lowest BCUT2D eigenvalue weighted by Gasteiger charge is -2.40. The quantitative estimate of drug-likeness (QED) is 0.523. The largest absolute Gasteiger partial charge is 0.299 e. The number of rotatable bonds is 3. The van der Waals surface area contributed by atoms with Crippen molar-refractivity contribution in [3.05, 3.63) is 11.8 Å². The third-order valence-corrected chi connectivity index (χ3v) is 2.99. The van der Waals surface area contributed by atoms with Crippen molar-refractivity contribution in [1.29, 1.82) is 0 Å². The van der Waals surface area contributed by atoms with E-state index in [1.54, 1.807) is 0 Å². The molecule has 3 fully saturated rings. The zero-order chi connectivity index (χ0) is 9.10. The maximum absolute atomic E-state index is 5.10. The van der Waals surface area contributed by atoms with Crippen LogP contribution in [0.3, 0.4) is 0 Å². The summed E-state index contributed by atoms with van der Waals surface area (Å²) in [5.74, 6) is 0.818. The molecule has 74 valence electrons. The highest BCUT2D eigenvalue weighted by Crippen LogP contribution is 2.30. The van der Waals surface area contributed by atoms with Crippen LogP contribution in [0.4, 0.5) is 0 Å². The molecule has 3 saturated heterocycles. The van der Waals surface area contributed by atoms with Crippen molar-refractivity contribution in [3.63, 3.8) is 0 Å². The third kappa shape index (κ3) is 2.03. The molecule has 0 aliphatic carbocycles. The van der Waals surface area contributed by atoms with E-state index in [0.717, 1.165) is 19.1 Å². The van der Waals surface area contributed by atoms with Gasteiger partial charge in [-0.05, 0) is 44.3 Å². The second-order valence-electron chi connectivity index (χ2n) is 3.82. The third-order valence-electron chi connectivity index (χ3n) is 2.99. The minimum absolute atomic E-state index is 0.720. The summed E-state index contributed by atoms with van der Waals surface area (Å²) in [6.45, 7) is 6.43. The number of nitrogens with zero attached hydrogens (tertiary/aromatic N) is 1. The number of fused-ring (bicyclic) bond motifs is 3. The molecule has 3 heterocycles. The number of hydroxylamine groups is 1. The fourth-order valence-electron chi connectivity index (χ4n) is 2.21. The zero-order valence-corrected chi connectivity index (χ0v) is 8.25. The van der Waals surface area contributed by atoms with Crippen LogP contribution in [0.15, 0.2) is 11.8 Å². The minimum Gasteiger partial charge on any atom is -0.299 e. The second kappa shape index (κ2) is 4.11. The van der Waals surface area contributed by atoms with E-state index < -0.39 is 0 Å². The first kappa shape index (κ1) is 9.03. The van der Waals surface area contributed by atoms with E-state index in [1.807, 2.05) is 6.92 Å². The standard InChI is InChI=1S/C10H18N2O/c1-2-13-11-7-10-8-12-5-3-9(10)4-6-12/h7,9,11H,2-6,8H2,1H3. The Morgan fingerprint density at radius 2 is 2.31 bits per heavy atom. The minimum atomic E-state index is 0.720. The van der Waals surface area contributed by atoms with E-state index >= 15 is 0 Å². The highest BCUT2D eigenvalue weighted by Gasteiger charge is 2.29. The van der Waals surface area contributed by atoms with Crippen LogP contribution in [-0.4, -0.2) is 31.1 Å². The van der Waals surface area contributed by atoms with Crippen LogP contribution in [0.2, 0.25) is 0 Å². The molecule has 0 unspecified atom stereocenters. The average Bonchev–Trinajstić information content (AvgIpc) is 2.20. The Kier molecular flexibility index (Phi) is 2.86. The van der Waals surface area contributed by atoms with Crippen molar-refractivity contribution in [2.75, 3.05) is 26.2 Å². The molecular weight excluding hydrogens is 164 g/mol. The molecule has 0 aromatic carbocycles. The maximum Gasteiger partial charge on any atom is 0.0717 e. The SMILES string of the molecule is CCONC=C1CN2CCC1CC2. The van der Waals surface area contributed by atoms with Gasteiger partial charge in [0.25, 0.3) is 0 Å². The average molecular weight is 182 g/mol. The molecular formula is C10H18N2O. The van der Waals surface area contributed by atoms with Crippen LogP contribution in [-0.2, 0) is 4.84 Å². The maximum atomic E-state index is 5.10. The normalized spacial score (nSPS) is 35.3. The van der Waals surface area contributed by atoms with Gasteiger partial charge in [-0.3, -0.25) is 15.2 Å². The molecule has 0 amide bonds. The molecule has 3 aliphatic heterocycles. The van der Waals surface area contributed by atoms with E-state index in [2.05, 4.69) is 16.6 Å². The summed E-state index contributed by atoms with van der Waals surface area (Å²) in [4.78, 5) is 7.61. The van der Waals surface area contributed by atoms with Gasteiger partial charge in [-0.2, -0.15) is 0 Å². The zero-order valence-electron chi connectivity index (χ0n) is 8.25. The molecule has 0 spiro atoms. The van der Waals surface area contributed by atoms with Crippen molar-refractivity contribution >= 4 is 0 Å². The second-order valence-corrected chi connectivity index (χ2v) is 3.82. The van der Waals surface area contributed by atoms with Gasteiger partial charge in [0.15, 0.2) is 0 Å². The first-order valence-electron chi connectivity index (χ1n) is 5.18. The van der Waals surface area contributed by atoms with Crippen LogP contribution in [0.25, 0.3) is 0 Å². The molecule has 3 rings (SSSR count). The van der Waals surface area contributed by atoms with E-state index in [4.69, 9.17) is 4.84 Å². The number of piperidine rings is 3. The van der Waals surface area contributed by atoms with E-state index in [1.165, 1.54) is 31.5 Å². The molecule has 3 aliphatic rings. The lowest BCUT2D eigenvalue weighted by atomic mass is 9.84. The van der Waals surface area contributed by atoms with Gasteiger partial charge >= 0.3 is 0 Å². The Morgan fingerprint density at radius 1 is 1.54 bits per heavy atom. The molecule has 0 saturated carbocycles. The van der Waals surface area contributed by atoms with Gasteiger partial charge in [-0.25, -0.2) is 0 Å². The van der Waals surface area contributed by atoms with Gasteiger partial charge in [0.05, 0.1) is 6.61 Å². The van der Waals surface area contributed by atoms with Crippen molar-refractivity contribution in [2.45, 2.75) is 19.8 Å². The van der Waals surface area contributed by atoms with Crippen LogP contribution < -0.4 is 5.48 Å². The molecule has 3 nitrogen and oxygen atoms in total. The van der Waals surface area contributed by atoms with Crippen LogP contribution in [0.1, 0.15) is 19.8 Å². The van der Waals surface area contributed by atoms with Crippen molar-refractivity contribution in [3.8, 4) is 0 Å². The Morgan fingerprint density at radius 3 is 2.85 bits per heavy atom. The van der Waals surface area contributed by atoms with E-state index in [9.17, 15) is 0 Å². The van der Waals surface area contributed by atoms with Gasteiger partial charge in [0, 0.05) is 12.7 Å². The van der Waals surface area contributed by atoms with E-state index in [0.29, 0.717) is 0 Å². The summed E-state index contributed by atoms with van der Waals surface area (Å²) in [6, 6.07) is 0. The summed E-state index contributed by atoms with van der Waals surface area (Å²) in [7, 11) is 0. The van der Waals surface area contributed by atoms with Crippen LogP contribution in [0, 0.1) is 5.92 Å². The molecule has 0 radical (unpaired) electrons. The number of hydrogen-bond acceptors (Lipinski definition) is 3. The first-order chi connectivity index (χ1) is 6.40. The summed E-state index contributed by atoms with van der Waals surface area (Å²) in [5.41, 5.74) is 4.42. The topological polar surface area (TPSA) is 24.5 Å². The van der Waals surface area contributed by atoms with E-state index in [-0.39, 0.29) is 0 Å². The predicted molar refractivity (Wildman–Crippen MR) is 52.0 cm³/mol. The van der Waals surface area contributed by atoms with Gasteiger partial charge in [0.1, 0.15) is 0 Å². The van der Waals surface area contributed by atoms with Gasteiger partial charge in [-0.1, -0.05) is 0 Å². The summed E-state index contributed by atoms with van der Waals surface area (Å²) in [6.07, 6.45) is 4.72. The molecule has 0 aromatic rings. The Labute approximate surface area is 79.7 Å². The molecule has 0 aromatic heterocycles. The number of nitrogens with one attached hydrogen (secondary N) is 1. The lowest BCUT2D eigenvalue weighted by molar-refractivity contribution is 0.0783. The summed E-state index contributed by atoms with van der Waals surface area (Å²) >= 11 is 0. The number of hydrogen-bond donors (Lipinski definition) is 1. The fraction of sp³-hybridized carbons (Fsp3) is 0.800. The Hall–Kier alpha value is -0.540.